The van der Waals surface area contributed by atoms with E-state index >= 15 is 0 Å². The first-order valence-corrected chi connectivity index (χ1v) is 13.0. The number of rotatable bonds is 9. The maximum atomic E-state index is 13.7. The number of carbonyl (C=O) groups excluding carboxylic acids is 1. The molecule has 10 nitrogen and oxygen atoms in total. The number of aliphatic hydroxyl groups excluding tert-OH is 1. The van der Waals surface area contributed by atoms with Crippen LogP contribution >= 0.6 is 11.8 Å². The van der Waals surface area contributed by atoms with Gasteiger partial charge in [-0.1, -0.05) is 13.8 Å². The molecule has 0 aliphatic carbocycles. The Kier molecular flexibility index (Phi) is 7.32. The monoisotopic (exact) mass is 542 g/mol. The van der Waals surface area contributed by atoms with Crippen LogP contribution in [0.15, 0.2) is 58.7 Å². The fraction of sp³-hybridized carbons (Fsp3) is 0.360. The minimum atomic E-state index is -2.90. The van der Waals surface area contributed by atoms with Gasteiger partial charge in [0, 0.05) is 41.0 Å². The third-order valence-electron chi connectivity index (χ3n) is 6.23. The minimum absolute atomic E-state index is 0.216. The molecule has 4 heterocycles. The highest BCUT2D eigenvalue weighted by Crippen LogP contribution is 2.32. The third kappa shape index (κ3) is 5.95. The fourth-order valence-corrected chi connectivity index (χ4v) is 5.04. The Bertz CT molecular complexity index is 1420. The van der Waals surface area contributed by atoms with Crippen LogP contribution in [0.3, 0.4) is 0 Å². The molecule has 4 aromatic rings. The molecule has 1 aliphatic rings. The predicted octanol–water partition coefficient (Wildman–Crippen LogP) is 4.11. The smallest absolute Gasteiger partial charge is 0.262 e. The van der Waals surface area contributed by atoms with Gasteiger partial charge >= 0.3 is 0 Å². The molecule has 38 heavy (non-hydrogen) atoms. The molecule has 1 aromatic carbocycles. The van der Waals surface area contributed by atoms with Gasteiger partial charge < -0.3 is 15.7 Å². The van der Waals surface area contributed by atoms with Crippen molar-refractivity contribution in [1.82, 2.24) is 29.7 Å². The predicted molar refractivity (Wildman–Crippen MR) is 140 cm³/mol. The van der Waals surface area contributed by atoms with Gasteiger partial charge in [-0.25, -0.2) is 18.3 Å². The Morgan fingerprint density at radius 1 is 1.29 bits per heavy atom. The van der Waals surface area contributed by atoms with Gasteiger partial charge in [0.25, 0.3) is 5.92 Å². The van der Waals surface area contributed by atoms with Crippen LogP contribution in [-0.2, 0) is 4.79 Å². The number of benzene rings is 1. The van der Waals surface area contributed by atoms with Gasteiger partial charge in [0.1, 0.15) is 5.52 Å². The number of hydrogen-bond acceptors (Lipinski definition) is 8. The van der Waals surface area contributed by atoms with Crippen LogP contribution in [0.1, 0.15) is 31.9 Å². The molecule has 4 N–H and O–H groups in total. The van der Waals surface area contributed by atoms with Gasteiger partial charge in [0.2, 0.25) is 11.1 Å². The topological polar surface area (TPSA) is 123 Å². The summed E-state index contributed by atoms with van der Waals surface area (Å²) in [6.07, 6.45) is 1.39. The Hall–Kier alpha value is -3.55. The van der Waals surface area contributed by atoms with Crippen LogP contribution < -0.4 is 10.6 Å². The number of hydrogen-bond donors (Lipinski definition) is 4. The van der Waals surface area contributed by atoms with Crippen LogP contribution in [-0.4, -0.2) is 72.4 Å². The Balaban J connectivity index is 1.24. The van der Waals surface area contributed by atoms with E-state index in [2.05, 4.69) is 44.8 Å². The number of H-pyrrole nitrogens is 1. The van der Waals surface area contributed by atoms with E-state index in [1.54, 1.807) is 16.6 Å². The molecular weight excluding hydrogens is 514 g/mol. The second-order valence-corrected chi connectivity index (χ2v) is 10.6. The van der Waals surface area contributed by atoms with Crippen molar-refractivity contribution >= 4 is 40.5 Å². The normalized spacial score (nSPS) is 17.4. The quantitative estimate of drug-likeness (QED) is 0.249. The number of aliphatic hydroxyl groups is 1. The van der Waals surface area contributed by atoms with E-state index in [1.165, 1.54) is 16.7 Å². The maximum absolute atomic E-state index is 13.7. The average molecular weight is 543 g/mol. The molecule has 1 aliphatic heterocycles. The van der Waals surface area contributed by atoms with Crippen molar-refractivity contribution < 1.29 is 18.7 Å². The van der Waals surface area contributed by atoms with E-state index in [1.807, 2.05) is 36.5 Å². The molecule has 0 bridgehead atoms. The van der Waals surface area contributed by atoms with Gasteiger partial charge in [-0.2, -0.15) is 5.10 Å². The number of fused-ring (bicyclic) bond motifs is 1. The van der Waals surface area contributed by atoms with Crippen molar-refractivity contribution in [2.24, 2.45) is 0 Å². The summed E-state index contributed by atoms with van der Waals surface area (Å²) in [5.41, 5.74) is 2.36. The van der Waals surface area contributed by atoms with Crippen molar-refractivity contribution in [3.05, 3.63) is 54.4 Å². The first kappa shape index (κ1) is 26.1. The highest BCUT2D eigenvalue weighted by atomic mass is 32.2. The van der Waals surface area contributed by atoms with Gasteiger partial charge in [-0.15, -0.1) is 5.10 Å². The zero-order valence-corrected chi connectivity index (χ0v) is 21.7. The summed E-state index contributed by atoms with van der Waals surface area (Å²) in [4.78, 5) is 19.3. The average Bonchev–Trinajstić information content (AvgIpc) is 3.59. The Morgan fingerprint density at radius 3 is 2.79 bits per heavy atom. The van der Waals surface area contributed by atoms with Gasteiger partial charge in [-0.05, 0) is 54.1 Å². The lowest BCUT2D eigenvalue weighted by Crippen LogP contribution is -2.39. The number of carbonyl (C=O) groups is 1. The number of halogens is 2. The summed E-state index contributed by atoms with van der Waals surface area (Å²) in [5.74, 6) is -1.72. The molecule has 1 saturated heterocycles. The number of likely N-dealkylation sites (tertiary alicyclic amines) is 1. The Labute approximate surface area is 221 Å². The van der Waals surface area contributed by atoms with Crippen LogP contribution in [0, 0.1) is 0 Å². The number of amides is 1. The molecule has 0 radical (unpaired) electrons. The van der Waals surface area contributed by atoms with Crippen LogP contribution in [0.2, 0.25) is 0 Å². The molecule has 13 heteroatoms. The zero-order valence-electron chi connectivity index (χ0n) is 20.9. The summed E-state index contributed by atoms with van der Waals surface area (Å²) in [6, 6.07) is 12.1. The molecule has 3 aromatic heterocycles. The number of aromatic amines is 1. The van der Waals surface area contributed by atoms with Crippen molar-refractivity contribution in [1.29, 1.82) is 0 Å². The van der Waals surface area contributed by atoms with Crippen LogP contribution in [0.4, 0.5) is 26.1 Å². The molecular formula is C25H28F2N8O2S. The largest absolute Gasteiger partial charge is 0.395 e. The van der Waals surface area contributed by atoms with E-state index in [4.69, 9.17) is 0 Å². The lowest BCUT2D eigenvalue weighted by atomic mass is 10.1. The van der Waals surface area contributed by atoms with Crippen LogP contribution in [0.5, 0.6) is 0 Å². The molecule has 1 amide bonds. The molecule has 5 rings (SSSR count). The van der Waals surface area contributed by atoms with Gasteiger partial charge in [-0.3, -0.25) is 14.8 Å². The standard InChI is InChI=1S/C25H28F2N8O2S/c1-15(2)19-10-21(32-31-19)29-23-20-4-3-9-35(20)33-24(30-23)38-18-7-5-16(6-8-18)28-22(37)12-34-14-25(26,27)11-17(34)13-36/h3-10,15,17,36H,11-14H2,1-2H3,(H,28,37)(H2,29,30,31,32,33)/t17-/m0/s1. The van der Waals surface area contributed by atoms with E-state index < -0.39 is 37.4 Å². The second-order valence-electron chi connectivity index (χ2n) is 9.55. The summed E-state index contributed by atoms with van der Waals surface area (Å²) < 4.78 is 29.1. The molecule has 1 fully saturated rings. The number of anilines is 3. The zero-order chi connectivity index (χ0) is 26.9. The van der Waals surface area contributed by atoms with Gasteiger partial charge in [0.15, 0.2) is 11.6 Å². The SMILES string of the molecule is CC(C)c1cc(Nc2nc(Sc3ccc(NC(=O)CN4CC(F)(F)C[C@H]4CO)cc3)nn3cccc23)n[nH]1. The molecule has 0 saturated carbocycles. The van der Waals surface area contributed by atoms with Crippen molar-refractivity contribution in [2.75, 3.05) is 30.3 Å². The first-order valence-electron chi connectivity index (χ1n) is 12.2. The van der Waals surface area contributed by atoms with Gasteiger partial charge in [0.05, 0.1) is 19.7 Å². The summed E-state index contributed by atoms with van der Waals surface area (Å²) >= 11 is 1.35. The molecule has 0 unspecified atom stereocenters. The highest BCUT2D eigenvalue weighted by Gasteiger charge is 2.45. The molecule has 1 atom stereocenters. The van der Waals surface area contributed by atoms with Crippen molar-refractivity contribution in [2.45, 2.75) is 48.2 Å². The number of alkyl halides is 2. The number of nitrogens with zero attached hydrogens (tertiary/aromatic N) is 5. The maximum Gasteiger partial charge on any atom is 0.262 e. The highest BCUT2D eigenvalue weighted by molar-refractivity contribution is 7.99. The van der Waals surface area contributed by atoms with Crippen molar-refractivity contribution in [3.8, 4) is 0 Å². The molecule has 0 spiro atoms. The lowest BCUT2D eigenvalue weighted by Gasteiger charge is -2.21. The number of aromatic nitrogens is 5. The van der Waals surface area contributed by atoms with E-state index in [9.17, 15) is 18.7 Å². The minimum Gasteiger partial charge on any atom is -0.395 e. The lowest BCUT2D eigenvalue weighted by molar-refractivity contribution is -0.117. The molecule has 200 valence electrons. The van der Waals surface area contributed by atoms with E-state index in [-0.39, 0.29) is 6.54 Å². The van der Waals surface area contributed by atoms with E-state index in [0.717, 1.165) is 16.1 Å². The van der Waals surface area contributed by atoms with E-state index in [0.29, 0.717) is 28.4 Å². The number of nitrogens with one attached hydrogen (secondary N) is 3. The fourth-order valence-electron chi connectivity index (χ4n) is 4.29. The summed E-state index contributed by atoms with van der Waals surface area (Å²) in [7, 11) is 0. The van der Waals surface area contributed by atoms with Crippen molar-refractivity contribution in [3.63, 3.8) is 0 Å². The summed E-state index contributed by atoms with van der Waals surface area (Å²) in [6.45, 7) is 3.00. The summed E-state index contributed by atoms with van der Waals surface area (Å²) in [5, 5.41) is 27.8. The third-order valence-corrected chi connectivity index (χ3v) is 7.09. The second kappa shape index (κ2) is 10.7. The Morgan fingerprint density at radius 2 is 2.08 bits per heavy atom. The van der Waals surface area contributed by atoms with Crippen LogP contribution in [0.25, 0.3) is 5.52 Å². The first-order chi connectivity index (χ1) is 18.2.